The summed E-state index contributed by atoms with van der Waals surface area (Å²) in [6, 6.07) is 3.89. The maximum absolute atomic E-state index is 13.6. The summed E-state index contributed by atoms with van der Waals surface area (Å²) in [5.41, 5.74) is 6.56. The Kier molecular flexibility index (Phi) is 3.80. The third-order valence-corrected chi connectivity index (χ3v) is 2.76. The van der Waals surface area contributed by atoms with Gasteiger partial charge in [0.2, 0.25) is 5.89 Å². The van der Waals surface area contributed by atoms with Crippen molar-refractivity contribution in [3.63, 3.8) is 0 Å². The zero-order valence-electron chi connectivity index (χ0n) is 11.1. The van der Waals surface area contributed by atoms with Crippen molar-refractivity contribution in [1.29, 1.82) is 0 Å². The Hall–Kier alpha value is -1.95. The number of hydrogen-bond acceptors (Lipinski definition) is 5. The first-order chi connectivity index (χ1) is 9.02. The van der Waals surface area contributed by atoms with Crippen molar-refractivity contribution in [2.24, 2.45) is 5.73 Å². The molecule has 1 atom stereocenters. The normalized spacial score (nSPS) is 12.7. The second-order valence-corrected chi connectivity index (χ2v) is 4.52. The van der Waals surface area contributed by atoms with E-state index in [1.165, 1.54) is 19.2 Å². The molecule has 6 heteroatoms. The second-order valence-electron chi connectivity index (χ2n) is 4.52. The van der Waals surface area contributed by atoms with Gasteiger partial charge in [-0.25, -0.2) is 4.39 Å². The average Bonchev–Trinajstić information content (AvgIpc) is 2.87. The van der Waals surface area contributed by atoms with Crippen molar-refractivity contribution in [3.05, 3.63) is 41.3 Å². The smallest absolute Gasteiger partial charge is 0.229 e. The van der Waals surface area contributed by atoms with E-state index >= 15 is 0 Å². The lowest BCUT2D eigenvalue weighted by molar-refractivity contribution is 0.359. The second kappa shape index (κ2) is 5.36. The van der Waals surface area contributed by atoms with E-state index in [1.54, 1.807) is 6.07 Å². The maximum atomic E-state index is 13.6. The molecular formula is C13H16FN3O2. The molecule has 0 aliphatic heterocycles. The molecule has 1 heterocycles. The Morgan fingerprint density at radius 3 is 2.63 bits per heavy atom. The van der Waals surface area contributed by atoms with Gasteiger partial charge in [-0.05, 0) is 17.7 Å². The Bertz CT molecular complexity index is 569. The Labute approximate surface area is 110 Å². The number of rotatable bonds is 4. The van der Waals surface area contributed by atoms with Gasteiger partial charge in [0.05, 0.1) is 13.2 Å². The predicted molar refractivity (Wildman–Crippen MR) is 67.4 cm³/mol. The third-order valence-electron chi connectivity index (χ3n) is 2.76. The summed E-state index contributed by atoms with van der Waals surface area (Å²) in [6.45, 7) is 3.88. The number of halogens is 1. The van der Waals surface area contributed by atoms with Crippen molar-refractivity contribution < 1.29 is 13.7 Å². The average molecular weight is 265 g/mol. The number of methoxy groups -OCH3 is 1. The fourth-order valence-corrected chi connectivity index (χ4v) is 1.63. The van der Waals surface area contributed by atoms with Crippen molar-refractivity contribution in [2.45, 2.75) is 25.8 Å². The van der Waals surface area contributed by atoms with E-state index in [1.807, 2.05) is 13.8 Å². The molecule has 0 saturated carbocycles. The molecule has 1 unspecified atom stereocenters. The van der Waals surface area contributed by atoms with Crippen LogP contribution in [0.2, 0.25) is 0 Å². The molecule has 0 bridgehead atoms. The van der Waals surface area contributed by atoms with Crippen LogP contribution in [0, 0.1) is 5.82 Å². The molecule has 0 aliphatic rings. The first-order valence-electron chi connectivity index (χ1n) is 5.95. The first-order valence-corrected chi connectivity index (χ1v) is 5.95. The number of benzene rings is 1. The molecule has 2 aromatic rings. The zero-order valence-corrected chi connectivity index (χ0v) is 11.1. The zero-order chi connectivity index (χ0) is 14.0. The molecule has 2 rings (SSSR count). The molecule has 0 radical (unpaired) electrons. The van der Waals surface area contributed by atoms with Crippen molar-refractivity contribution in [2.75, 3.05) is 7.11 Å². The number of ether oxygens (including phenoxy) is 1. The molecule has 0 aliphatic carbocycles. The van der Waals surface area contributed by atoms with Crippen LogP contribution in [-0.4, -0.2) is 17.3 Å². The molecule has 0 saturated heterocycles. The third kappa shape index (κ3) is 2.73. The van der Waals surface area contributed by atoms with Gasteiger partial charge in [-0.2, -0.15) is 4.98 Å². The largest absolute Gasteiger partial charge is 0.494 e. The summed E-state index contributed by atoms with van der Waals surface area (Å²) < 4.78 is 23.6. The minimum absolute atomic E-state index is 0.126. The van der Waals surface area contributed by atoms with E-state index in [-0.39, 0.29) is 11.7 Å². The molecule has 0 fully saturated rings. The van der Waals surface area contributed by atoms with E-state index in [4.69, 9.17) is 15.0 Å². The molecular weight excluding hydrogens is 249 g/mol. The van der Waals surface area contributed by atoms with E-state index < -0.39 is 11.9 Å². The summed E-state index contributed by atoms with van der Waals surface area (Å²) in [4.78, 5) is 4.20. The Morgan fingerprint density at radius 1 is 1.37 bits per heavy atom. The number of hydrogen-bond donors (Lipinski definition) is 1. The lowest BCUT2D eigenvalue weighted by Crippen LogP contribution is -2.14. The number of nitrogens with zero attached hydrogens (tertiary/aromatic N) is 2. The van der Waals surface area contributed by atoms with Gasteiger partial charge < -0.3 is 15.0 Å². The Balaban J connectivity index is 2.27. The summed E-state index contributed by atoms with van der Waals surface area (Å²) in [7, 11) is 1.41. The Morgan fingerprint density at radius 2 is 2.11 bits per heavy atom. The molecule has 102 valence electrons. The number of aromatic nitrogens is 2. The molecule has 5 nitrogen and oxygen atoms in total. The van der Waals surface area contributed by atoms with Gasteiger partial charge in [-0.15, -0.1) is 0 Å². The molecule has 2 N–H and O–H groups in total. The van der Waals surface area contributed by atoms with Crippen LogP contribution in [0.4, 0.5) is 4.39 Å². The van der Waals surface area contributed by atoms with Crippen molar-refractivity contribution in [1.82, 2.24) is 10.1 Å². The van der Waals surface area contributed by atoms with Crippen LogP contribution in [0.3, 0.4) is 0 Å². The van der Waals surface area contributed by atoms with Crippen LogP contribution < -0.4 is 10.5 Å². The topological polar surface area (TPSA) is 74.2 Å². The summed E-state index contributed by atoms with van der Waals surface area (Å²) >= 11 is 0. The summed E-state index contributed by atoms with van der Waals surface area (Å²) in [6.07, 6.45) is 0. The fraction of sp³-hybridized carbons (Fsp3) is 0.385. The fourth-order valence-electron chi connectivity index (χ4n) is 1.63. The van der Waals surface area contributed by atoms with Gasteiger partial charge in [0, 0.05) is 5.92 Å². The summed E-state index contributed by atoms with van der Waals surface area (Å²) in [5, 5.41) is 3.82. The van der Waals surface area contributed by atoms with Crippen LogP contribution in [0.5, 0.6) is 5.75 Å². The lowest BCUT2D eigenvalue weighted by atomic mass is 10.1. The van der Waals surface area contributed by atoms with E-state index in [2.05, 4.69) is 10.1 Å². The van der Waals surface area contributed by atoms with Crippen LogP contribution in [0.1, 0.15) is 43.1 Å². The summed E-state index contributed by atoms with van der Waals surface area (Å²) in [5.74, 6) is 0.684. The lowest BCUT2D eigenvalue weighted by Gasteiger charge is -2.09. The first kappa shape index (κ1) is 13.5. The number of nitrogens with two attached hydrogens (primary N) is 1. The maximum Gasteiger partial charge on any atom is 0.229 e. The standard InChI is InChI=1S/C13H16FN3O2/c1-7(2)13-16-12(17-19-13)11(15)8-4-5-10(18-3)9(14)6-8/h4-7,11H,15H2,1-3H3. The highest BCUT2D eigenvalue weighted by atomic mass is 19.1. The van der Waals surface area contributed by atoms with Gasteiger partial charge in [-0.3, -0.25) is 0 Å². The van der Waals surface area contributed by atoms with E-state index in [0.29, 0.717) is 17.3 Å². The van der Waals surface area contributed by atoms with Crippen LogP contribution in [-0.2, 0) is 0 Å². The van der Waals surface area contributed by atoms with Crippen molar-refractivity contribution >= 4 is 0 Å². The monoisotopic (exact) mass is 265 g/mol. The SMILES string of the molecule is COc1ccc(C(N)c2noc(C(C)C)n2)cc1F. The van der Waals surface area contributed by atoms with Gasteiger partial charge >= 0.3 is 0 Å². The van der Waals surface area contributed by atoms with Gasteiger partial charge in [0.1, 0.15) is 0 Å². The molecule has 19 heavy (non-hydrogen) atoms. The highest BCUT2D eigenvalue weighted by Crippen LogP contribution is 2.24. The highest BCUT2D eigenvalue weighted by molar-refractivity contribution is 5.33. The van der Waals surface area contributed by atoms with Crippen LogP contribution in [0.15, 0.2) is 22.7 Å². The van der Waals surface area contributed by atoms with Gasteiger partial charge in [0.15, 0.2) is 17.4 Å². The molecule has 0 amide bonds. The minimum Gasteiger partial charge on any atom is -0.494 e. The molecule has 1 aromatic carbocycles. The molecule has 1 aromatic heterocycles. The van der Waals surface area contributed by atoms with Gasteiger partial charge in [0.25, 0.3) is 0 Å². The minimum atomic E-state index is -0.628. The van der Waals surface area contributed by atoms with Crippen LogP contribution >= 0.6 is 0 Å². The van der Waals surface area contributed by atoms with E-state index in [0.717, 1.165) is 0 Å². The predicted octanol–water partition coefficient (Wildman–Crippen LogP) is 2.39. The highest BCUT2D eigenvalue weighted by Gasteiger charge is 2.19. The van der Waals surface area contributed by atoms with Gasteiger partial charge in [-0.1, -0.05) is 25.1 Å². The quantitative estimate of drug-likeness (QED) is 0.918. The van der Waals surface area contributed by atoms with E-state index in [9.17, 15) is 4.39 Å². The van der Waals surface area contributed by atoms with Crippen LogP contribution in [0.25, 0.3) is 0 Å². The molecule has 0 spiro atoms. The van der Waals surface area contributed by atoms with Crippen molar-refractivity contribution in [3.8, 4) is 5.75 Å².